The number of ether oxygens (including phenoxy) is 3. The predicted molar refractivity (Wildman–Crippen MR) is 125 cm³/mol. The van der Waals surface area contributed by atoms with Crippen LogP contribution >= 0.6 is 0 Å². The van der Waals surface area contributed by atoms with Gasteiger partial charge in [0.25, 0.3) is 0 Å². The molecule has 5 nitrogen and oxygen atoms in total. The average molecular weight is 463 g/mol. The Morgan fingerprint density at radius 2 is 1.85 bits per heavy atom. The Bertz CT molecular complexity index is 1110. The molecule has 2 saturated heterocycles. The summed E-state index contributed by atoms with van der Waals surface area (Å²) in [6.07, 6.45) is 7.06. The zero-order valence-electron chi connectivity index (χ0n) is 20.3. The standard InChI is InChI=1S/C29H34O5/c1-17(30)29-25(33-27(3,34-29)18-7-5-4-6-8-18)15-22-20-14-24-23-13-19(31)9-12-28(23,16-32-24)21(20)10-11-26(22,29)2/h4-8,13,20-22,24-25H,9-12,14-16H2,1-3H3. The number of carbonyl (C=O) groups excluding carboxylic acids is 2. The number of carbonyl (C=O) groups is 2. The largest absolute Gasteiger partial charge is 0.373 e. The lowest BCUT2D eigenvalue weighted by Crippen LogP contribution is -2.60. The monoisotopic (exact) mass is 462 g/mol. The fourth-order valence-electron chi connectivity index (χ4n) is 9.50. The summed E-state index contributed by atoms with van der Waals surface area (Å²) in [7, 11) is 0. The molecule has 0 radical (unpaired) electrons. The molecule has 180 valence electrons. The van der Waals surface area contributed by atoms with Gasteiger partial charge in [-0.15, -0.1) is 0 Å². The van der Waals surface area contributed by atoms with Gasteiger partial charge in [0.2, 0.25) is 0 Å². The highest BCUT2D eigenvalue weighted by atomic mass is 16.8. The molecule has 0 N–H and O–H groups in total. The third-order valence-corrected chi connectivity index (χ3v) is 10.9. The molecule has 2 aliphatic heterocycles. The van der Waals surface area contributed by atoms with Crippen LogP contribution in [0.5, 0.6) is 0 Å². The topological polar surface area (TPSA) is 61.8 Å². The van der Waals surface area contributed by atoms with Crippen molar-refractivity contribution in [3.63, 3.8) is 0 Å². The molecular formula is C29H34O5. The van der Waals surface area contributed by atoms with Gasteiger partial charge in [-0.1, -0.05) is 37.3 Å². The molecule has 0 spiro atoms. The van der Waals surface area contributed by atoms with Crippen molar-refractivity contribution >= 4 is 11.6 Å². The maximum Gasteiger partial charge on any atom is 0.193 e. The molecule has 1 aromatic carbocycles. The van der Waals surface area contributed by atoms with E-state index in [4.69, 9.17) is 14.2 Å². The van der Waals surface area contributed by atoms with Crippen molar-refractivity contribution in [2.24, 2.45) is 28.6 Å². The molecule has 3 saturated carbocycles. The quantitative estimate of drug-likeness (QED) is 0.636. The highest BCUT2D eigenvalue weighted by molar-refractivity contribution is 5.92. The number of rotatable bonds is 2. The number of hydrogen-bond acceptors (Lipinski definition) is 5. The van der Waals surface area contributed by atoms with E-state index in [1.54, 1.807) is 6.92 Å². The number of Topliss-reactive ketones (excluding diaryl/α,β-unsaturated/α-hetero) is 1. The van der Waals surface area contributed by atoms with E-state index in [0.29, 0.717) is 24.2 Å². The van der Waals surface area contributed by atoms with Crippen molar-refractivity contribution in [2.45, 2.75) is 82.9 Å². The molecular weight excluding hydrogens is 428 g/mol. The molecule has 4 aliphatic carbocycles. The van der Waals surface area contributed by atoms with Crippen LogP contribution in [0.1, 0.15) is 64.9 Å². The van der Waals surface area contributed by atoms with E-state index in [1.807, 2.05) is 43.3 Å². The zero-order chi connectivity index (χ0) is 23.5. The van der Waals surface area contributed by atoms with Gasteiger partial charge < -0.3 is 14.2 Å². The Hall–Kier alpha value is -1.82. The molecule has 9 atom stereocenters. The summed E-state index contributed by atoms with van der Waals surface area (Å²) in [5.41, 5.74) is 1.05. The van der Waals surface area contributed by atoms with Crippen molar-refractivity contribution in [1.82, 2.24) is 0 Å². The lowest BCUT2D eigenvalue weighted by Gasteiger charge is -2.58. The second-order valence-electron chi connectivity index (χ2n) is 12.1. The van der Waals surface area contributed by atoms with Gasteiger partial charge in [-0.3, -0.25) is 9.59 Å². The van der Waals surface area contributed by atoms with Gasteiger partial charge in [0.05, 0.1) is 18.8 Å². The van der Waals surface area contributed by atoms with Crippen LogP contribution in [0, 0.1) is 28.6 Å². The third kappa shape index (κ3) is 2.37. The van der Waals surface area contributed by atoms with E-state index in [-0.39, 0.29) is 34.6 Å². The van der Waals surface area contributed by atoms with Crippen LogP contribution in [-0.2, 0) is 29.6 Å². The summed E-state index contributed by atoms with van der Waals surface area (Å²) in [6, 6.07) is 10.0. The average Bonchev–Trinajstić information content (AvgIpc) is 3.37. The molecule has 34 heavy (non-hydrogen) atoms. The van der Waals surface area contributed by atoms with Gasteiger partial charge in [0, 0.05) is 22.8 Å². The number of fused-ring (bicyclic) bond motifs is 5. The minimum atomic E-state index is -0.927. The van der Waals surface area contributed by atoms with Crippen molar-refractivity contribution < 1.29 is 23.8 Å². The van der Waals surface area contributed by atoms with Crippen molar-refractivity contribution in [2.75, 3.05) is 6.61 Å². The highest BCUT2D eigenvalue weighted by Crippen LogP contribution is 2.72. The summed E-state index contributed by atoms with van der Waals surface area (Å²) >= 11 is 0. The molecule has 6 aliphatic rings. The smallest absolute Gasteiger partial charge is 0.193 e. The fraction of sp³-hybridized carbons (Fsp3) is 0.655. The van der Waals surface area contributed by atoms with Crippen LogP contribution in [0.25, 0.3) is 0 Å². The molecule has 7 rings (SSSR count). The lowest BCUT2D eigenvalue weighted by molar-refractivity contribution is -0.227. The number of benzene rings is 1. The molecule has 5 heteroatoms. The first kappa shape index (κ1) is 21.5. The minimum absolute atomic E-state index is 0.0180. The fourth-order valence-corrected chi connectivity index (χ4v) is 9.50. The van der Waals surface area contributed by atoms with Crippen LogP contribution in [0.3, 0.4) is 0 Å². The third-order valence-electron chi connectivity index (χ3n) is 10.9. The van der Waals surface area contributed by atoms with Crippen LogP contribution in [0.15, 0.2) is 42.0 Å². The molecule has 2 heterocycles. The summed E-state index contributed by atoms with van der Waals surface area (Å²) < 4.78 is 20.0. The second kappa shape index (κ2) is 6.68. The normalized spacial score (nSPS) is 50.7. The Balaban J connectivity index is 1.28. The summed E-state index contributed by atoms with van der Waals surface area (Å²) in [4.78, 5) is 25.8. The van der Waals surface area contributed by atoms with E-state index in [2.05, 4.69) is 6.92 Å². The van der Waals surface area contributed by atoms with Crippen molar-refractivity contribution in [3.8, 4) is 0 Å². The van der Waals surface area contributed by atoms with E-state index < -0.39 is 11.4 Å². The minimum Gasteiger partial charge on any atom is -0.373 e. The first-order chi connectivity index (χ1) is 16.2. The van der Waals surface area contributed by atoms with E-state index >= 15 is 0 Å². The Morgan fingerprint density at radius 1 is 1.06 bits per heavy atom. The number of hydrogen-bond donors (Lipinski definition) is 0. The van der Waals surface area contributed by atoms with Crippen LogP contribution in [-0.4, -0.2) is 36.0 Å². The predicted octanol–water partition coefficient (Wildman–Crippen LogP) is 4.73. The summed E-state index contributed by atoms with van der Waals surface area (Å²) in [6.45, 7) is 6.72. The van der Waals surface area contributed by atoms with E-state index in [9.17, 15) is 9.59 Å². The number of ketones is 2. The molecule has 0 aromatic heterocycles. The van der Waals surface area contributed by atoms with Crippen molar-refractivity contribution in [1.29, 1.82) is 0 Å². The molecule has 2 bridgehead atoms. The molecule has 0 amide bonds. The SMILES string of the molecule is CC(=O)C12OC(C)(c3ccccc3)OC1CC1C3CC4OCC5(CCC(=O)C=C45)C3CCC12C. The molecule has 5 fully saturated rings. The second-order valence-corrected chi connectivity index (χ2v) is 12.1. The Morgan fingerprint density at radius 3 is 2.62 bits per heavy atom. The molecule has 1 aromatic rings. The van der Waals surface area contributed by atoms with Gasteiger partial charge in [0.15, 0.2) is 23.0 Å². The highest BCUT2D eigenvalue weighted by Gasteiger charge is 2.76. The lowest BCUT2D eigenvalue weighted by atomic mass is 9.46. The van der Waals surface area contributed by atoms with Crippen LogP contribution in [0.2, 0.25) is 0 Å². The van der Waals surface area contributed by atoms with Crippen molar-refractivity contribution in [3.05, 3.63) is 47.5 Å². The van der Waals surface area contributed by atoms with Crippen LogP contribution < -0.4 is 0 Å². The first-order valence-electron chi connectivity index (χ1n) is 13.0. The zero-order valence-corrected chi connectivity index (χ0v) is 20.3. The first-order valence-corrected chi connectivity index (χ1v) is 13.0. The summed E-state index contributed by atoms with van der Waals surface area (Å²) in [5.74, 6) is 0.752. The summed E-state index contributed by atoms with van der Waals surface area (Å²) in [5, 5.41) is 0. The Kier molecular flexibility index (Phi) is 4.22. The van der Waals surface area contributed by atoms with Gasteiger partial charge in [-0.05, 0) is 75.4 Å². The maximum atomic E-state index is 13.5. The van der Waals surface area contributed by atoms with Crippen LogP contribution in [0.4, 0.5) is 0 Å². The molecule has 9 unspecified atom stereocenters. The van der Waals surface area contributed by atoms with Gasteiger partial charge in [-0.2, -0.15) is 0 Å². The van der Waals surface area contributed by atoms with E-state index in [1.165, 1.54) is 5.57 Å². The van der Waals surface area contributed by atoms with Gasteiger partial charge in [-0.25, -0.2) is 0 Å². The Labute approximate surface area is 201 Å². The van der Waals surface area contributed by atoms with Gasteiger partial charge in [0.1, 0.15) is 0 Å². The van der Waals surface area contributed by atoms with Gasteiger partial charge >= 0.3 is 0 Å². The maximum absolute atomic E-state index is 13.5. The van der Waals surface area contributed by atoms with E-state index in [0.717, 1.165) is 44.3 Å².